The number of imidazole rings is 1. The van der Waals surface area contributed by atoms with Crippen LogP contribution in [0.2, 0.25) is 0 Å². The van der Waals surface area contributed by atoms with Gasteiger partial charge in [0.15, 0.2) is 5.82 Å². The van der Waals surface area contributed by atoms with Crippen LogP contribution in [0, 0.1) is 12.8 Å². The van der Waals surface area contributed by atoms with E-state index >= 15 is 0 Å². The van der Waals surface area contributed by atoms with E-state index < -0.39 is 15.4 Å². The van der Waals surface area contributed by atoms with Crippen LogP contribution in [0.1, 0.15) is 29.1 Å². The number of carbonyl (C=O) groups is 1. The van der Waals surface area contributed by atoms with Crippen molar-refractivity contribution in [1.82, 2.24) is 28.9 Å². The first-order valence-corrected chi connectivity index (χ1v) is 10.4. The van der Waals surface area contributed by atoms with Crippen LogP contribution in [0.4, 0.5) is 0 Å². The normalized spacial score (nSPS) is 25.9. The molecule has 4 rings (SSSR count). The number of hydrogen-bond acceptors (Lipinski definition) is 7. The van der Waals surface area contributed by atoms with Crippen molar-refractivity contribution in [3.63, 3.8) is 0 Å². The third-order valence-electron chi connectivity index (χ3n) is 5.50. The SMILES string of the molecule is CCS(=O)(=O)N1C[C@@H]2CN(C(=O)c3cn(C)cn3)C[C@]2(c2nc(C)no2)C1. The van der Waals surface area contributed by atoms with E-state index in [4.69, 9.17) is 4.52 Å². The maximum Gasteiger partial charge on any atom is 0.274 e. The summed E-state index contributed by atoms with van der Waals surface area (Å²) in [5.41, 5.74) is -0.319. The van der Waals surface area contributed by atoms with Gasteiger partial charge in [-0.2, -0.15) is 4.98 Å². The molecule has 0 spiro atoms. The molecule has 2 aromatic rings. The van der Waals surface area contributed by atoms with Gasteiger partial charge >= 0.3 is 0 Å². The Kier molecular flexibility index (Phi) is 4.11. The van der Waals surface area contributed by atoms with E-state index in [1.807, 2.05) is 0 Å². The first-order chi connectivity index (χ1) is 12.7. The second kappa shape index (κ2) is 6.13. The first-order valence-electron chi connectivity index (χ1n) is 8.81. The van der Waals surface area contributed by atoms with Gasteiger partial charge in [-0.05, 0) is 13.8 Å². The molecule has 4 heterocycles. The Labute approximate surface area is 157 Å². The number of sulfonamides is 1. The van der Waals surface area contributed by atoms with Crippen LogP contribution < -0.4 is 0 Å². The van der Waals surface area contributed by atoms with Crippen molar-refractivity contribution in [3.8, 4) is 0 Å². The first kappa shape index (κ1) is 18.1. The molecule has 2 fully saturated rings. The average molecular weight is 394 g/mol. The number of amides is 1. The fourth-order valence-electron chi connectivity index (χ4n) is 4.06. The van der Waals surface area contributed by atoms with Gasteiger partial charge in [0.05, 0.1) is 17.5 Å². The predicted molar refractivity (Wildman–Crippen MR) is 94.3 cm³/mol. The Morgan fingerprint density at radius 1 is 1.37 bits per heavy atom. The summed E-state index contributed by atoms with van der Waals surface area (Å²) in [4.78, 5) is 23.1. The molecule has 2 aliphatic rings. The van der Waals surface area contributed by atoms with E-state index in [-0.39, 0.29) is 24.1 Å². The molecule has 1 amide bonds. The summed E-state index contributed by atoms with van der Waals surface area (Å²) < 4.78 is 33.5. The molecule has 0 unspecified atom stereocenters. The topological polar surface area (TPSA) is 114 Å². The summed E-state index contributed by atoms with van der Waals surface area (Å²) in [7, 11) is -1.54. The van der Waals surface area contributed by atoms with Crippen LogP contribution in [0.5, 0.6) is 0 Å². The molecule has 0 saturated carbocycles. The van der Waals surface area contributed by atoms with Crippen LogP contribution in [0.3, 0.4) is 0 Å². The number of fused-ring (bicyclic) bond motifs is 1. The maximum atomic E-state index is 12.9. The zero-order chi connectivity index (χ0) is 19.4. The molecular formula is C16H22N6O4S. The highest BCUT2D eigenvalue weighted by atomic mass is 32.2. The van der Waals surface area contributed by atoms with E-state index in [1.165, 1.54) is 4.31 Å². The third-order valence-corrected chi connectivity index (χ3v) is 7.30. The number of likely N-dealkylation sites (tertiary alicyclic amines) is 1. The minimum atomic E-state index is -3.34. The monoisotopic (exact) mass is 394 g/mol. The van der Waals surface area contributed by atoms with Gasteiger partial charge in [-0.25, -0.2) is 17.7 Å². The van der Waals surface area contributed by atoms with E-state index in [9.17, 15) is 13.2 Å². The van der Waals surface area contributed by atoms with Gasteiger partial charge < -0.3 is 14.0 Å². The lowest BCUT2D eigenvalue weighted by molar-refractivity contribution is 0.0767. The third kappa shape index (κ3) is 2.85. The van der Waals surface area contributed by atoms with Gasteiger partial charge in [0.1, 0.15) is 5.69 Å². The number of rotatable bonds is 4. The number of aromatic nitrogens is 4. The summed E-state index contributed by atoms with van der Waals surface area (Å²) in [6, 6.07) is 0. The van der Waals surface area contributed by atoms with Gasteiger partial charge in [0.25, 0.3) is 5.91 Å². The Morgan fingerprint density at radius 3 is 2.74 bits per heavy atom. The number of aryl methyl sites for hydroxylation is 2. The van der Waals surface area contributed by atoms with Crippen molar-refractivity contribution >= 4 is 15.9 Å². The lowest BCUT2D eigenvalue weighted by Crippen LogP contribution is -2.41. The maximum absolute atomic E-state index is 12.9. The Bertz CT molecular complexity index is 983. The van der Waals surface area contributed by atoms with E-state index in [1.54, 1.807) is 42.9 Å². The van der Waals surface area contributed by atoms with Crippen LogP contribution in [-0.2, 0) is 22.5 Å². The number of hydrogen-bond donors (Lipinski definition) is 0. The number of nitrogens with zero attached hydrogens (tertiary/aromatic N) is 6. The van der Waals surface area contributed by atoms with Crippen LogP contribution in [0.25, 0.3) is 0 Å². The van der Waals surface area contributed by atoms with Crippen molar-refractivity contribution in [2.45, 2.75) is 19.3 Å². The minimum Gasteiger partial charge on any atom is -0.340 e. The summed E-state index contributed by atoms with van der Waals surface area (Å²) >= 11 is 0. The zero-order valence-corrected chi connectivity index (χ0v) is 16.3. The quantitative estimate of drug-likeness (QED) is 0.704. The summed E-state index contributed by atoms with van der Waals surface area (Å²) in [5, 5.41) is 3.88. The smallest absolute Gasteiger partial charge is 0.274 e. The van der Waals surface area contributed by atoms with Crippen LogP contribution in [0.15, 0.2) is 17.0 Å². The predicted octanol–water partition coefficient (Wildman–Crippen LogP) is -0.213. The fourth-order valence-corrected chi connectivity index (χ4v) is 5.25. The van der Waals surface area contributed by atoms with Crippen LogP contribution >= 0.6 is 0 Å². The Hall–Kier alpha value is -2.27. The van der Waals surface area contributed by atoms with E-state index in [2.05, 4.69) is 15.1 Å². The molecule has 11 heteroatoms. The molecule has 0 aliphatic carbocycles. The summed E-state index contributed by atoms with van der Waals surface area (Å²) in [6.07, 6.45) is 3.25. The second-order valence-corrected chi connectivity index (χ2v) is 9.56. The highest BCUT2D eigenvalue weighted by Gasteiger charge is 2.59. The lowest BCUT2D eigenvalue weighted by atomic mass is 9.81. The van der Waals surface area contributed by atoms with Gasteiger partial charge in [-0.15, -0.1) is 0 Å². The second-order valence-electron chi connectivity index (χ2n) is 7.30. The van der Waals surface area contributed by atoms with Crippen molar-refractivity contribution < 1.29 is 17.7 Å². The Morgan fingerprint density at radius 2 is 2.15 bits per heavy atom. The molecule has 0 aromatic carbocycles. The fraction of sp³-hybridized carbons (Fsp3) is 0.625. The van der Waals surface area contributed by atoms with Gasteiger partial charge in [-0.3, -0.25) is 4.79 Å². The van der Waals surface area contributed by atoms with Crippen LogP contribution in [-0.4, -0.2) is 75.2 Å². The van der Waals surface area contributed by atoms with Crippen molar-refractivity contribution in [2.24, 2.45) is 13.0 Å². The summed E-state index contributed by atoms with van der Waals surface area (Å²) in [5.74, 6) is 0.645. The number of carbonyl (C=O) groups excluding carboxylic acids is 1. The molecule has 0 N–H and O–H groups in total. The lowest BCUT2D eigenvalue weighted by Gasteiger charge is -2.25. The largest absolute Gasteiger partial charge is 0.340 e. The highest BCUT2D eigenvalue weighted by Crippen LogP contribution is 2.45. The molecular weight excluding hydrogens is 372 g/mol. The van der Waals surface area contributed by atoms with Crippen molar-refractivity contribution in [2.75, 3.05) is 31.9 Å². The molecule has 10 nitrogen and oxygen atoms in total. The highest BCUT2D eigenvalue weighted by molar-refractivity contribution is 7.89. The molecule has 0 bridgehead atoms. The molecule has 146 valence electrons. The molecule has 2 atom stereocenters. The summed E-state index contributed by atoms with van der Waals surface area (Å²) in [6.45, 7) is 4.67. The minimum absolute atomic E-state index is 0.0369. The van der Waals surface area contributed by atoms with Crippen molar-refractivity contribution in [1.29, 1.82) is 0 Å². The van der Waals surface area contributed by atoms with Gasteiger partial charge in [0.2, 0.25) is 15.9 Å². The van der Waals surface area contributed by atoms with Gasteiger partial charge in [0, 0.05) is 45.3 Å². The molecule has 2 aliphatic heterocycles. The molecule has 2 saturated heterocycles. The van der Waals surface area contributed by atoms with Gasteiger partial charge in [-0.1, -0.05) is 5.16 Å². The van der Waals surface area contributed by atoms with E-state index in [0.29, 0.717) is 37.0 Å². The molecule has 0 radical (unpaired) electrons. The average Bonchev–Trinajstić information content (AvgIpc) is 3.36. The Balaban J connectivity index is 1.67. The molecule has 27 heavy (non-hydrogen) atoms. The molecule has 2 aromatic heterocycles. The van der Waals surface area contributed by atoms with Crippen molar-refractivity contribution in [3.05, 3.63) is 29.9 Å². The van der Waals surface area contributed by atoms with E-state index in [0.717, 1.165) is 0 Å². The standard InChI is InChI=1S/C16H22N6O4S/c1-4-27(24,25)22-6-12-5-21(14(23)13-7-20(3)10-17-13)8-16(12,9-22)15-18-11(2)19-26-15/h7,10,12H,4-6,8-9H2,1-3H3/t12-,16-/m0/s1. The zero-order valence-electron chi connectivity index (χ0n) is 15.5.